The van der Waals surface area contributed by atoms with Crippen LogP contribution in [0.1, 0.15) is 17.5 Å². The Hall–Kier alpha value is -6.19. The molecule has 0 saturated carbocycles. The average molecular weight is 791 g/mol. The van der Waals surface area contributed by atoms with E-state index in [2.05, 4.69) is 35.1 Å². The number of amides is 1. The fourth-order valence-electron chi connectivity index (χ4n) is 7.42. The number of rotatable bonds is 5. The van der Waals surface area contributed by atoms with E-state index in [0.29, 0.717) is 50.7 Å². The monoisotopic (exact) mass is 790 g/mol. The molecule has 3 aliphatic heterocycles. The summed E-state index contributed by atoms with van der Waals surface area (Å²) in [6, 6.07) is 20.2. The fourth-order valence-corrected chi connectivity index (χ4v) is 7.42. The van der Waals surface area contributed by atoms with Gasteiger partial charge in [0.2, 0.25) is 0 Å². The molecule has 13 nitrogen and oxygen atoms in total. The van der Waals surface area contributed by atoms with Crippen molar-refractivity contribution < 1.29 is 33.3 Å². The van der Waals surface area contributed by atoms with Gasteiger partial charge >= 0.3 is 6.09 Å². The normalized spacial score (nSPS) is 17.0. The predicted molar refractivity (Wildman–Crippen MR) is 217 cm³/mol. The van der Waals surface area contributed by atoms with Gasteiger partial charge in [-0.15, -0.1) is 0 Å². The molecule has 1 atom stereocenters. The van der Waals surface area contributed by atoms with Crippen LogP contribution in [0.15, 0.2) is 72.8 Å². The maximum Gasteiger partial charge on any atom is 0.410 e. The van der Waals surface area contributed by atoms with Crippen LogP contribution in [0.4, 0.5) is 25.2 Å². The van der Waals surface area contributed by atoms with Gasteiger partial charge in [-0.05, 0) is 73.5 Å². The molecule has 4 aromatic carbocycles. The topological polar surface area (TPSA) is 149 Å². The number of phenols is 2. The Bertz CT molecular complexity index is 2430. The molecular weight excluding hydrogens is 747 g/mol. The van der Waals surface area contributed by atoms with Gasteiger partial charge in [-0.2, -0.15) is 0 Å². The first kappa shape index (κ1) is 38.7. The van der Waals surface area contributed by atoms with Gasteiger partial charge in [0.15, 0.2) is 11.6 Å². The maximum atomic E-state index is 14.6. The molecule has 58 heavy (non-hydrogen) atoms. The number of phenolic OH excluding ortho intramolecular Hbond substituents is 2. The molecule has 0 bridgehead atoms. The zero-order chi connectivity index (χ0) is 40.3. The summed E-state index contributed by atoms with van der Waals surface area (Å²) in [4.78, 5) is 36.8. The fraction of sp³-hybridized carbons (Fsp3) is 0.326. The number of nitrogens with one attached hydrogen (secondary N) is 1. The van der Waals surface area contributed by atoms with E-state index in [1.165, 1.54) is 36.4 Å². The minimum atomic E-state index is -0.587. The first-order valence-electron chi connectivity index (χ1n) is 19.4. The number of hydrogen-bond donors (Lipinski definition) is 3. The van der Waals surface area contributed by atoms with Gasteiger partial charge in [-0.3, -0.25) is 0 Å². The van der Waals surface area contributed by atoms with Crippen LogP contribution in [-0.2, 0) is 9.47 Å². The van der Waals surface area contributed by atoms with Crippen molar-refractivity contribution in [3.8, 4) is 34.3 Å². The summed E-state index contributed by atoms with van der Waals surface area (Å²) in [7, 11) is 0. The van der Waals surface area contributed by atoms with Crippen LogP contribution in [0.2, 0.25) is 0 Å². The number of carbonyl (C=O) groups is 1. The number of piperazine rings is 2. The van der Waals surface area contributed by atoms with Crippen molar-refractivity contribution >= 4 is 39.5 Å². The molecule has 3 aliphatic rings. The van der Waals surface area contributed by atoms with Crippen LogP contribution < -0.4 is 15.1 Å². The van der Waals surface area contributed by atoms with Crippen molar-refractivity contribution in [2.75, 3.05) is 75.4 Å². The third-order valence-electron chi connectivity index (χ3n) is 10.5. The second-order valence-corrected chi connectivity index (χ2v) is 14.6. The van der Waals surface area contributed by atoms with Gasteiger partial charge in [-0.1, -0.05) is 24.3 Å². The van der Waals surface area contributed by atoms with Gasteiger partial charge < -0.3 is 39.7 Å². The molecule has 1 amide bonds. The minimum absolute atomic E-state index is 0.0249. The Labute approximate surface area is 333 Å². The number of ether oxygens (including phenoxy) is 2. The lowest BCUT2D eigenvalue weighted by Gasteiger charge is -2.35. The molecule has 0 radical (unpaired) electrons. The lowest BCUT2D eigenvalue weighted by molar-refractivity contribution is 0.0534. The predicted octanol–water partition coefficient (Wildman–Crippen LogP) is 6.36. The summed E-state index contributed by atoms with van der Waals surface area (Å²) in [5.74, 6) is 0.285. The number of nitrogens with zero attached hydrogens (tertiary/aromatic N) is 7. The summed E-state index contributed by atoms with van der Waals surface area (Å²) in [6.07, 6.45) is 0.217. The largest absolute Gasteiger partial charge is 0.507 e. The number of aromatic hydroxyl groups is 2. The summed E-state index contributed by atoms with van der Waals surface area (Å²) in [5, 5.41) is 25.5. The Morgan fingerprint density at radius 1 is 0.724 bits per heavy atom. The van der Waals surface area contributed by atoms with Gasteiger partial charge in [0.05, 0.1) is 35.4 Å². The Balaban J connectivity index is 0.000000168. The molecule has 5 heterocycles. The molecule has 3 N–H and O–H groups in total. The number of halogens is 2. The molecule has 0 aliphatic carbocycles. The third kappa shape index (κ3) is 8.13. The second-order valence-electron chi connectivity index (χ2n) is 14.6. The van der Waals surface area contributed by atoms with Crippen LogP contribution in [-0.4, -0.2) is 113 Å². The van der Waals surface area contributed by atoms with Crippen molar-refractivity contribution in [2.45, 2.75) is 26.4 Å². The van der Waals surface area contributed by atoms with Gasteiger partial charge in [0.1, 0.15) is 40.9 Å². The van der Waals surface area contributed by atoms with Crippen LogP contribution >= 0.6 is 0 Å². The van der Waals surface area contributed by atoms with E-state index in [1.54, 1.807) is 4.90 Å². The van der Waals surface area contributed by atoms with Crippen molar-refractivity contribution in [2.24, 2.45) is 0 Å². The standard InChI is InChI=1S/C24H25FN4O4.C19H19FN4O/c1-15-5-6-17-19(13-15)26-22(21-18(25)3-2-4-20(21)30)27-23(17)28-8-10-29(11-9-28)24(31)33-16-7-12-32-14-16;1-12-5-6-13-15(11-12)22-18(17-14(20)3-2-4-16(17)25)23-19(13)24-9-7-21-8-10-24/h2-6,13,16,30H,7-12,14H2,1H3;2-6,11,21,25H,7-10H2,1H3/t16-;/m1./s1. The zero-order valence-corrected chi connectivity index (χ0v) is 32.3. The molecular formula is C43H44F2N8O5. The van der Waals surface area contributed by atoms with Crippen LogP contribution in [0.5, 0.6) is 11.5 Å². The molecule has 0 spiro atoms. The number of aryl methyl sites for hydroxylation is 2. The summed E-state index contributed by atoms with van der Waals surface area (Å²) < 4.78 is 39.7. The first-order valence-corrected chi connectivity index (χ1v) is 19.4. The molecule has 0 unspecified atom stereocenters. The number of benzene rings is 4. The van der Waals surface area contributed by atoms with E-state index in [0.717, 1.165) is 65.8 Å². The highest BCUT2D eigenvalue weighted by atomic mass is 19.1. The van der Waals surface area contributed by atoms with Gasteiger partial charge in [0.25, 0.3) is 0 Å². The lowest BCUT2D eigenvalue weighted by Crippen LogP contribution is -2.49. The van der Waals surface area contributed by atoms with Gasteiger partial charge in [0, 0.05) is 69.6 Å². The Kier molecular flexibility index (Phi) is 11.2. The number of hydrogen-bond acceptors (Lipinski definition) is 12. The van der Waals surface area contributed by atoms with Crippen molar-refractivity contribution in [1.82, 2.24) is 30.2 Å². The van der Waals surface area contributed by atoms with Crippen LogP contribution in [0.3, 0.4) is 0 Å². The highest BCUT2D eigenvalue weighted by Crippen LogP contribution is 2.36. The molecule has 2 aromatic heterocycles. The SMILES string of the molecule is Cc1ccc2c(N3CCN(C(=O)O[C@@H]4CCOC4)CC3)nc(-c3c(O)cccc3F)nc2c1.Cc1ccc2c(N3CCNCC3)nc(-c3c(O)cccc3F)nc2c1. The molecule has 300 valence electrons. The number of carbonyl (C=O) groups excluding carboxylic acids is 1. The van der Waals surface area contributed by atoms with Crippen molar-refractivity contribution in [1.29, 1.82) is 0 Å². The van der Waals surface area contributed by atoms with E-state index in [9.17, 15) is 23.8 Å². The molecule has 15 heteroatoms. The molecule has 9 rings (SSSR count). The summed E-state index contributed by atoms with van der Waals surface area (Å²) in [5.41, 5.74) is 3.52. The van der Waals surface area contributed by atoms with Crippen molar-refractivity contribution in [3.63, 3.8) is 0 Å². The average Bonchev–Trinajstić information content (AvgIpc) is 3.73. The lowest BCUT2D eigenvalue weighted by atomic mass is 10.1. The number of anilines is 2. The highest BCUT2D eigenvalue weighted by Gasteiger charge is 2.29. The number of fused-ring (bicyclic) bond motifs is 2. The van der Waals surface area contributed by atoms with E-state index in [4.69, 9.17) is 9.47 Å². The Morgan fingerprint density at radius 3 is 1.72 bits per heavy atom. The van der Waals surface area contributed by atoms with Crippen LogP contribution in [0, 0.1) is 25.5 Å². The quantitative estimate of drug-likeness (QED) is 0.179. The maximum absolute atomic E-state index is 14.6. The Morgan fingerprint density at radius 2 is 1.24 bits per heavy atom. The number of aromatic nitrogens is 4. The van der Waals surface area contributed by atoms with E-state index < -0.39 is 11.6 Å². The minimum Gasteiger partial charge on any atom is -0.507 e. The smallest absolute Gasteiger partial charge is 0.410 e. The molecule has 3 saturated heterocycles. The highest BCUT2D eigenvalue weighted by molar-refractivity contribution is 5.93. The van der Waals surface area contributed by atoms with E-state index in [1.807, 2.05) is 50.2 Å². The van der Waals surface area contributed by atoms with E-state index >= 15 is 0 Å². The van der Waals surface area contributed by atoms with E-state index in [-0.39, 0.29) is 46.5 Å². The third-order valence-corrected chi connectivity index (χ3v) is 10.5. The second kappa shape index (κ2) is 16.7. The molecule has 6 aromatic rings. The summed E-state index contributed by atoms with van der Waals surface area (Å²) >= 11 is 0. The van der Waals surface area contributed by atoms with Gasteiger partial charge in [-0.25, -0.2) is 33.5 Å². The summed E-state index contributed by atoms with van der Waals surface area (Å²) in [6.45, 7) is 10.4. The first-order chi connectivity index (χ1) is 28.1. The van der Waals surface area contributed by atoms with Crippen molar-refractivity contribution in [3.05, 3.63) is 95.6 Å². The molecule has 3 fully saturated rings. The zero-order valence-electron chi connectivity index (χ0n) is 32.3. The van der Waals surface area contributed by atoms with Crippen LogP contribution in [0.25, 0.3) is 44.6 Å².